The predicted octanol–water partition coefficient (Wildman–Crippen LogP) is 4.59. The molecule has 1 aliphatic heterocycles. The lowest BCUT2D eigenvalue weighted by molar-refractivity contribution is 0.0469. The van der Waals surface area contributed by atoms with E-state index in [4.69, 9.17) is 4.74 Å². The third-order valence-corrected chi connectivity index (χ3v) is 4.98. The summed E-state index contributed by atoms with van der Waals surface area (Å²) in [6.45, 7) is 0. The average Bonchev–Trinajstić information content (AvgIpc) is 2.77. The number of benzene rings is 1. The minimum Gasteiger partial charge on any atom is -0.485 e. The molecule has 102 valence electrons. The molecule has 1 aromatic carbocycles. The first kappa shape index (κ1) is 12.4. The van der Waals surface area contributed by atoms with Crippen LogP contribution in [0.3, 0.4) is 0 Å². The minimum atomic E-state index is -0.322. The first-order valence-electron chi connectivity index (χ1n) is 7.04. The molecule has 0 bridgehead atoms. The molecule has 2 aliphatic carbocycles. The Bertz CT molecular complexity index is 672. The molecule has 1 atom stereocenters. The number of carbonyl (C=O) groups is 1. The highest BCUT2D eigenvalue weighted by atomic mass is 79.9. The van der Waals surface area contributed by atoms with E-state index in [1.54, 1.807) is 0 Å². The van der Waals surface area contributed by atoms with Crippen LogP contribution in [0.15, 0.2) is 46.0 Å². The highest BCUT2D eigenvalue weighted by Crippen LogP contribution is 2.48. The van der Waals surface area contributed by atoms with Gasteiger partial charge in [0, 0.05) is 17.3 Å². The van der Waals surface area contributed by atoms with Crippen molar-refractivity contribution in [2.45, 2.75) is 37.7 Å². The van der Waals surface area contributed by atoms with Crippen LogP contribution in [-0.2, 0) is 0 Å². The zero-order valence-corrected chi connectivity index (χ0v) is 12.7. The van der Waals surface area contributed by atoms with Crippen LogP contribution in [0, 0.1) is 0 Å². The zero-order valence-electron chi connectivity index (χ0n) is 11.1. The lowest BCUT2D eigenvalue weighted by Crippen LogP contribution is -2.40. The molecule has 1 heterocycles. The molecule has 0 fully saturated rings. The number of allylic oxidation sites excluding steroid dienone is 2. The predicted molar refractivity (Wildman–Crippen MR) is 81.1 cm³/mol. The van der Waals surface area contributed by atoms with Gasteiger partial charge in [-0.15, -0.1) is 0 Å². The third kappa shape index (κ3) is 1.87. The molecule has 20 heavy (non-hydrogen) atoms. The maximum absolute atomic E-state index is 12.5. The van der Waals surface area contributed by atoms with Gasteiger partial charge in [-0.2, -0.15) is 0 Å². The van der Waals surface area contributed by atoms with Crippen molar-refractivity contribution in [3.8, 4) is 5.75 Å². The van der Waals surface area contributed by atoms with Crippen molar-refractivity contribution in [3.05, 3.63) is 51.5 Å². The average molecular weight is 331 g/mol. The Morgan fingerprint density at radius 1 is 1.20 bits per heavy atom. The summed E-state index contributed by atoms with van der Waals surface area (Å²) in [7, 11) is 0. The number of Topliss-reactive ketones (excluding diaryl/α,β-unsaturated/α-hetero) is 1. The van der Waals surface area contributed by atoms with Gasteiger partial charge in [-0.1, -0.05) is 33.7 Å². The molecule has 4 rings (SSSR count). The van der Waals surface area contributed by atoms with Crippen LogP contribution in [0.5, 0.6) is 5.75 Å². The fourth-order valence-electron chi connectivity index (χ4n) is 3.61. The second-order valence-corrected chi connectivity index (χ2v) is 6.86. The first-order chi connectivity index (χ1) is 9.65. The molecular formula is C17H15BrO2. The van der Waals surface area contributed by atoms with Gasteiger partial charge in [0.25, 0.3) is 0 Å². The normalized spacial score (nSPS) is 27.6. The summed E-state index contributed by atoms with van der Waals surface area (Å²) in [5.74, 6) is 0.949. The van der Waals surface area contributed by atoms with Gasteiger partial charge in [0.2, 0.25) is 0 Å². The van der Waals surface area contributed by atoms with E-state index in [1.807, 2.05) is 18.2 Å². The summed E-state index contributed by atoms with van der Waals surface area (Å²) in [5, 5.41) is 0. The topological polar surface area (TPSA) is 26.3 Å². The van der Waals surface area contributed by atoms with Gasteiger partial charge in [0.05, 0.1) is 12.0 Å². The monoisotopic (exact) mass is 330 g/mol. The van der Waals surface area contributed by atoms with E-state index in [9.17, 15) is 4.79 Å². The standard InChI is InChI=1S/C17H15BrO2/c18-13-5-6-16-14(7-13)15(19)10-17(20-16)8-11-3-1-2-4-12(11)9-17/h1,3,5-7H,2,4,8-10H2. The van der Waals surface area contributed by atoms with E-state index in [0.717, 1.165) is 35.9 Å². The molecule has 1 aromatic rings. The van der Waals surface area contributed by atoms with Gasteiger partial charge in [-0.05, 0) is 36.6 Å². The molecule has 3 heteroatoms. The zero-order chi connectivity index (χ0) is 13.7. The van der Waals surface area contributed by atoms with Crippen LogP contribution in [-0.4, -0.2) is 11.4 Å². The number of hydrogen-bond donors (Lipinski definition) is 0. The van der Waals surface area contributed by atoms with Crippen molar-refractivity contribution in [2.24, 2.45) is 0 Å². The Kier molecular flexibility index (Phi) is 2.68. The molecule has 0 amide bonds. The van der Waals surface area contributed by atoms with Crippen molar-refractivity contribution in [2.75, 3.05) is 0 Å². The molecule has 0 saturated heterocycles. The van der Waals surface area contributed by atoms with Crippen LogP contribution in [0.1, 0.15) is 42.5 Å². The summed E-state index contributed by atoms with van der Waals surface area (Å²) >= 11 is 3.42. The second kappa shape index (κ2) is 4.32. The van der Waals surface area contributed by atoms with Gasteiger partial charge in [0.1, 0.15) is 11.4 Å². The van der Waals surface area contributed by atoms with E-state index in [1.165, 1.54) is 11.1 Å². The molecule has 0 aromatic heterocycles. The summed E-state index contributed by atoms with van der Waals surface area (Å²) in [6.07, 6.45) is 8.97. The number of halogens is 1. The minimum absolute atomic E-state index is 0.205. The smallest absolute Gasteiger partial charge is 0.170 e. The third-order valence-electron chi connectivity index (χ3n) is 4.49. The number of fused-ring (bicyclic) bond motifs is 1. The maximum atomic E-state index is 12.5. The van der Waals surface area contributed by atoms with Crippen molar-refractivity contribution in [1.29, 1.82) is 0 Å². The Balaban J connectivity index is 1.69. The highest BCUT2D eigenvalue weighted by molar-refractivity contribution is 9.10. The maximum Gasteiger partial charge on any atom is 0.170 e. The molecular weight excluding hydrogens is 316 g/mol. The van der Waals surface area contributed by atoms with E-state index < -0.39 is 0 Å². The number of ketones is 1. The van der Waals surface area contributed by atoms with Crippen molar-refractivity contribution in [3.63, 3.8) is 0 Å². The fraction of sp³-hybridized carbons (Fsp3) is 0.353. The van der Waals surface area contributed by atoms with Crippen molar-refractivity contribution >= 4 is 21.7 Å². The van der Waals surface area contributed by atoms with Crippen molar-refractivity contribution < 1.29 is 9.53 Å². The molecule has 0 saturated carbocycles. The number of ether oxygens (including phenoxy) is 1. The lowest BCUT2D eigenvalue weighted by Gasteiger charge is -2.35. The fourth-order valence-corrected chi connectivity index (χ4v) is 3.97. The number of carbonyl (C=O) groups excluding carboxylic acids is 1. The second-order valence-electron chi connectivity index (χ2n) is 5.95. The van der Waals surface area contributed by atoms with Crippen LogP contribution in [0.2, 0.25) is 0 Å². The van der Waals surface area contributed by atoms with Gasteiger partial charge < -0.3 is 4.74 Å². The van der Waals surface area contributed by atoms with Gasteiger partial charge >= 0.3 is 0 Å². The van der Waals surface area contributed by atoms with E-state index >= 15 is 0 Å². The molecule has 1 unspecified atom stereocenters. The molecule has 1 spiro atoms. The number of hydrogen-bond acceptors (Lipinski definition) is 2. The van der Waals surface area contributed by atoms with E-state index in [0.29, 0.717) is 12.0 Å². The molecule has 3 aliphatic rings. The molecule has 0 N–H and O–H groups in total. The Hall–Kier alpha value is -1.35. The van der Waals surface area contributed by atoms with E-state index in [-0.39, 0.29) is 11.4 Å². The van der Waals surface area contributed by atoms with Crippen LogP contribution in [0.25, 0.3) is 0 Å². The van der Waals surface area contributed by atoms with Crippen LogP contribution >= 0.6 is 15.9 Å². The lowest BCUT2D eigenvalue weighted by atomic mass is 9.86. The summed E-state index contributed by atoms with van der Waals surface area (Å²) in [6, 6.07) is 5.71. The summed E-state index contributed by atoms with van der Waals surface area (Å²) < 4.78 is 7.21. The van der Waals surface area contributed by atoms with Gasteiger partial charge in [0.15, 0.2) is 5.78 Å². The Morgan fingerprint density at radius 2 is 2.10 bits per heavy atom. The largest absolute Gasteiger partial charge is 0.485 e. The van der Waals surface area contributed by atoms with Crippen LogP contribution in [0.4, 0.5) is 0 Å². The van der Waals surface area contributed by atoms with E-state index in [2.05, 4.69) is 28.1 Å². The SMILES string of the molecule is O=C1CC2(CC3=C(CCC=C3)C2)Oc2ccc(Br)cc21. The van der Waals surface area contributed by atoms with Crippen molar-refractivity contribution in [1.82, 2.24) is 0 Å². The first-order valence-corrected chi connectivity index (χ1v) is 7.84. The summed E-state index contributed by atoms with van der Waals surface area (Å²) in [4.78, 5) is 12.5. The molecule has 0 radical (unpaired) electrons. The van der Waals surface area contributed by atoms with Crippen LogP contribution < -0.4 is 4.74 Å². The quantitative estimate of drug-likeness (QED) is 0.695. The van der Waals surface area contributed by atoms with Gasteiger partial charge in [-0.3, -0.25) is 4.79 Å². The highest BCUT2D eigenvalue weighted by Gasteiger charge is 2.45. The molecule has 2 nitrogen and oxygen atoms in total. The Labute approximate surface area is 126 Å². The number of rotatable bonds is 0. The summed E-state index contributed by atoms with van der Waals surface area (Å²) in [5.41, 5.74) is 3.27. The Morgan fingerprint density at radius 3 is 2.95 bits per heavy atom. The van der Waals surface area contributed by atoms with Gasteiger partial charge in [-0.25, -0.2) is 0 Å².